The quantitative estimate of drug-likeness (QED) is 0.554. The number of carbonyl (C=O) groups excluding carboxylic acids is 1. The van der Waals surface area contributed by atoms with E-state index in [0.717, 1.165) is 6.07 Å². The summed E-state index contributed by atoms with van der Waals surface area (Å²) in [4.78, 5) is 25.4. The van der Waals surface area contributed by atoms with Crippen LogP contribution in [0.5, 0.6) is 5.75 Å². The molecular formula is C17H16FKN2O5. The summed E-state index contributed by atoms with van der Waals surface area (Å²) in [5.74, 6) is -2.06. The third-order valence-electron chi connectivity index (χ3n) is 4.84. The molecule has 0 amide bonds. The van der Waals surface area contributed by atoms with Crippen LogP contribution in [0.1, 0.15) is 29.7 Å². The van der Waals surface area contributed by atoms with Gasteiger partial charge in [-0.15, -0.1) is 0 Å². The summed E-state index contributed by atoms with van der Waals surface area (Å²) in [5.41, 5.74) is -0.732. The number of rotatable bonds is 2. The van der Waals surface area contributed by atoms with Gasteiger partial charge in [0.2, 0.25) is 0 Å². The number of halogens is 1. The molecule has 0 radical (unpaired) electrons. The number of β-amino-alcohol motifs (C(OH)–C–C–N with tert-alkyl or cyclic N) is 1. The molecule has 1 saturated heterocycles. The van der Waals surface area contributed by atoms with Crippen LogP contribution in [0.3, 0.4) is 0 Å². The monoisotopic (exact) mass is 386 g/mol. The number of nitrogens with zero attached hydrogens (tertiary/aromatic N) is 2. The number of carboxylic acid groups (broad SMARTS) is 1. The van der Waals surface area contributed by atoms with Crippen molar-refractivity contribution in [2.24, 2.45) is 0 Å². The Morgan fingerprint density at radius 1 is 1.46 bits per heavy atom. The Balaban J connectivity index is 0.00000196. The van der Waals surface area contributed by atoms with Crippen molar-refractivity contribution >= 4 is 22.6 Å². The van der Waals surface area contributed by atoms with Gasteiger partial charge in [-0.3, -0.25) is 4.79 Å². The van der Waals surface area contributed by atoms with E-state index in [9.17, 15) is 24.2 Å². The molecule has 132 valence electrons. The molecule has 0 bridgehead atoms. The minimum Gasteiger partial charge on any atom is -0.545 e. The molecule has 1 fully saturated rings. The first kappa shape index (κ1) is 19.8. The summed E-state index contributed by atoms with van der Waals surface area (Å²) in [5, 5.41) is 21.0. The molecule has 9 heteroatoms. The average molecular weight is 386 g/mol. The molecule has 2 aliphatic heterocycles. The van der Waals surface area contributed by atoms with E-state index in [-0.39, 0.29) is 87.4 Å². The predicted octanol–water partition coefficient (Wildman–Crippen LogP) is -2.97. The molecule has 4 rings (SSSR count). The van der Waals surface area contributed by atoms with Crippen LogP contribution in [0.4, 0.5) is 10.1 Å². The standard InChI is InChI=1S/C17H17FN2O5.K/c1-8-7-25-16-13-10(15(22)11(17(23)24)6-20(8)13)4-12(18)14(16)19-3-2-9(21)5-19;/h4,6,8-9,21H,2-3,5,7H2,1H3,(H,23,24);/q;+1/p-1/t8-,9-;/m0./s1. The van der Waals surface area contributed by atoms with E-state index in [1.807, 2.05) is 6.92 Å². The maximum absolute atomic E-state index is 14.8. The summed E-state index contributed by atoms with van der Waals surface area (Å²) < 4.78 is 22.2. The second-order valence-electron chi connectivity index (χ2n) is 6.55. The van der Waals surface area contributed by atoms with Gasteiger partial charge in [-0.25, -0.2) is 4.39 Å². The van der Waals surface area contributed by atoms with Gasteiger partial charge in [-0.05, 0) is 19.4 Å². The number of hydrogen-bond donors (Lipinski definition) is 1. The van der Waals surface area contributed by atoms with Gasteiger partial charge in [0.25, 0.3) is 0 Å². The average Bonchev–Trinajstić information content (AvgIpc) is 2.98. The Bertz CT molecular complexity index is 961. The molecule has 2 atom stereocenters. The summed E-state index contributed by atoms with van der Waals surface area (Å²) in [7, 11) is 0. The zero-order valence-corrected chi connectivity index (χ0v) is 17.6. The minimum absolute atomic E-state index is 0. The number of aromatic nitrogens is 1. The Labute approximate surface area is 190 Å². The van der Waals surface area contributed by atoms with Gasteiger partial charge in [0, 0.05) is 19.3 Å². The van der Waals surface area contributed by atoms with Crippen molar-refractivity contribution in [3.05, 3.63) is 33.9 Å². The van der Waals surface area contributed by atoms with Crippen molar-refractivity contribution in [2.75, 3.05) is 24.6 Å². The smallest absolute Gasteiger partial charge is 0.545 e. The van der Waals surface area contributed by atoms with E-state index in [2.05, 4.69) is 0 Å². The van der Waals surface area contributed by atoms with Crippen molar-refractivity contribution in [3.63, 3.8) is 0 Å². The summed E-state index contributed by atoms with van der Waals surface area (Å²) >= 11 is 0. The number of aromatic carboxylic acids is 1. The zero-order valence-electron chi connectivity index (χ0n) is 14.5. The fraction of sp³-hybridized carbons (Fsp3) is 0.412. The second-order valence-corrected chi connectivity index (χ2v) is 6.55. The van der Waals surface area contributed by atoms with E-state index in [0.29, 0.717) is 18.5 Å². The molecule has 0 saturated carbocycles. The summed E-state index contributed by atoms with van der Waals surface area (Å²) in [6.45, 7) is 2.77. The number of aliphatic hydroxyl groups excluding tert-OH is 1. The molecule has 1 aromatic carbocycles. The van der Waals surface area contributed by atoms with Gasteiger partial charge < -0.3 is 29.2 Å². The number of benzene rings is 1. The second kappa shape index (κ2) is 7.21. The number of ether oxygens (including phenoxy) is 1. The van der Waals surface area contributed by atoms with Gasteiger partial charge in [-0.1, -0.05) is 0 Å². The maximum atomic E-state index is 14.8. The van der Waals surface area contributed by atoms with Crippen molar-refractivity contribution in [3.8, 4) is 5.75 Å². The first-order chi connectivity index (χ1) is 11.9. The van der Waals surface area contributed by atoms with E-state index < -0.39 is 28.9 Å². The van der Waals surface area contributed by atoms with Gasteiger partial charge in [0.15, 0.2) is 17.0 Å². The molecule has 1 N–H and O–H groups in total. The molecule has 3 heterocycles. The van der Waals surface area contributed by atoms with Gasteiger partial charge in [0.1, 0.15) is 12.3 Å². The third-order valence-corrected chi connectivity index (χ3v) is 4.84. The van der Waals surface area contributed by atoms with Crippen molar-refractivity contribution < 1.29 is 75.5 Å². The van der Waals surface area contributed by atoms with E-state index >= 15 is 0 Å². The van der Waals surface area contributed by atoms with Crippen molar-refractivity contribution in [2.45, 2.75) is 25.5 Å². The Morgan fingerprint density at radius 3 is 2.81 bits per heavy atom. The SMILES string of the molecule is C[C@H]1COc2c(N3CC[C@H](O)C3)c(F)cc3c(=O)c(C(=O)[O-])cn1c23.[K+]. The van der Waals surface area contributed by atoms with Crippen LogP contribution in [-0.4, -0.2) is 41.4 Å². The first-order valence-corrected chi connectivity index (χ1v) is 8.07. The third kappa shape index (κ3) is 3.00. The molecule has 2 aromatic rings. The Hall–Kier alpha value is -0.974. The van der Waals surface area contributed by atoms with Crippen LogP contribution < -0.4 is 71.6 Å². The minimum atomic E-state index is -1.59. The van der Waals surface area contributed by atoms with Crippen LogP contribution in [0.2, 0.25) is 0 Å². The molecule has 0 unspecified atom stereocenters. The predicted molar refractivity (Wildman–Crippen MR) is 85.5 cm³/mol. The number of anilines is 1. The Kier molecular flexibility index (Phi) is 5.49. The number of aliphatic hydroxyl groups is 1. The number of carboxylic acids is 1. The summed E-state index contributed by atoms with van der Waals surface area (Å²) in [6, 6.07) is 0.821. The molecule has 1 aromatic heterocycles. The summed E-state index contributed by atoms with van der Waals surface area (Å²) in [6.07, 6.45) is 1.20. The fourth-order valence-corrected chi connectivity index (χ4v) is 3.60. The normalized spacial score (nSPS) is 21.4. The molecule has 7 nitrogen and oxygen atoms in total. The van der Waals surface area contributed by atoms with Crippen LogP contribution in [-0.2, 0) is 0 Å². The molecular weight excluding hydrogens is 370 g/mol. The first-order valence-electron chi connectivity index (χ1n) is 8.07. The van der Waals surface area contributed by atoms with E-state index in [4.69, 9.17) is 4.74 Å². The largest absolute Gasteiger partial charge is 1.00 e. The Morgan fingerprint density at radius 2 is 2.19 bits per heavy atom. The molecule has 26 heavy (non-hydrogen) atoms. The van der Waals surface area contributed by atoms with E-state index in [1.165, 1.54) is 6.20 Å². The molecule has 2 aliphatic rings. The van der Waals surface area contributed by atoms with Gasteiger partial charge in [0.05, 0.1) is 34.6 Å². The van der Waals surface area contributed by atoms with Crippen LogP contribution >= 0.6 is 0 Å². The zero-order chi connectivity index (χ0) is 17.9. The van der Waals surface area contributed by atoms with Gasteiger partial charge in [-0.2, -0.15) is 0 Å². The van der Waals surface area contributed by atoms with Crippen molar-refractivity contribution in [1.82, 2.24) is 4.57 Å². The number of carbonyl (C=O) groups is 1. The topological polar surface area (TPSA) is 94.8 Å². The van der Waals surface area contributed by atoms with Crippen LogP contribution in [0.25, 0.3) is 10.9 Å². The molecule has 0 aliphatic carbocycles. The van der Waals surface area contributed by atoms with Crippen LogP contribution in [0, 0.1) is 5.82 Å². The number of pyridine rings is 1. The van der Waals surface area contributed by atoms with Gasteiger partial charge >= 0.3 is 51.4 Å². The van der Waals surface area contributed by atoms with E-state index in [1.54, 1.807) is 9.47 Å². The van der Waals surface area contributed by atoms with Crippen molar-refractivity contribution in [1.29, 1.82) is 0 Å². The maximum Gasteiger partial charge on any atom is 1.00 e. The fourth-order valence-electron chi connectivity index (χ4n) is 3.60. The van der Waals surface area contributed by atoms with Crippen LogP contribution in [0.15, 0.2) is 17.1 Å². The number of hydrogen-bond acceptors (Lipinski definition) is 6. The molecule has 0 spiro atoms.